The summed E-state index contributed by atoms with van der Waals surface area (Å²) in [6, 6.07) is 4.50. The highest BCUT2D eigenvalue weighted by Crippen LogP contribution is 2.28. The summed E-state index contributed by atoms with van der Waals surface area (Å²) in [5.74, 6) is 0.149. The van der Waals surface area contributed by atoms with E-state index in [1.165, 1.54) is 25.3 Å². The molecule has 19 heavy (non-hydrogen) atoms. The summed E-state index contributed by atoms with van der Waals surface area (Å²) >= 11 is 0. The molecule has 7 nitrogen and oxygen atoms in total. The molecule has 2 N–H and O–H groups in total. The van der Waals surface area contributed by atoms with Gasteiger partial charge in [0.1, 0.15) is 5.75 Å². The number of hydrogen-bond donors (Lipinski definition) is 2. The van der Waals surface area contributed by atoms with Crippen LogP contribution in [0.2, 0.25) is 0 Å². The Morgan fingerprint density at radius 1 is 1.53 bits per heavy atom. The normalized spacial score (nSPS) is 13.9. The minimum atomic E-state index is -0.516. The lowest BCUT2D eigenvalue weighted by molar-refractivity contribution is -0.384. The molecular formula is C12H15N3O4. The highest BCUT2D eigenvalue weighted by molar-refractivity contribution is 5.94. The molecule has 0 heterocycles. The quantitative estimate of drug-likeness (QED) is 0.597. The van der Waals surface area contributed by atoms with E-state index in [1.54, 1.807) is 0 Å². The topological polar surface area (TPSA) is 93.5 Å². The Balaban J connectivity index is 2.05. The van der Waals surface area contributed by atoms with Crippen molar-refractivity contribution in [2.75, 3.05) is 19.0 Å². The highest BCUT2D eigenvalue weighted by Gasteiger charge is 2.21. The van der Waals surface area contributed by atoms with E-state index in [4.69, 9.17) is 4.74 Å². The Morgan fingerprint density at radius 2 is 2.26 bits per heavy atom. The van der Waals surface area contributed by atoms with Crippen LogP contribution in [-0.2, 0) is 4.79 Å². The SMILES string of the molecule is COc1ccc([N+](=O)[O-])cc1NC(=O)CNC1CC1. The Morgan fingerprint density at radius 3 is 2.84 bits per heavy atom. The molecule has 2 rings (SSSR count). The lowest BCUT2D eigenvalue weighted by Crippen LogP contribution is -2.29. The van der Waals surface area contributed by atoms with Gasteiger partial charge in [0.25, 0.3) is 5.69 Å². The van der Waals surface area contributed by atoms with Crippen LogP contribution in [0.3, 0.4) is 0 Å². The number of methoxy groups -OCH3 is 1. The Hall–Kier alpha value is -2.15. The molecule has 0 bridgehead atoms. The van der Waals surface area contributed by atoms with E-state index >= 15 is 0 Å². The standard InChI is InChI=1S/C12H15N3O4/c1-19-11-5-4-9(15(17)18)6-10(11)14-12(16)7-13-8-2-3-8/h4-6,8,13H,2-3,7H2,1H3,(H,14,16). The predicted octanol–water partition coefficient (Wildman–Crippen LogP) is 1.29. The molecule has 1 aromatic rings. The van der Waals surface area contributed by atoms with Gasteiger partial charge in [-0.05, 0) is 18.9 Å². The molecule has 0 aliphatic heterocycles. The van der Waals surface area contributed by atoms with Crippen LogP contribution in [0.5, 0.6) is 5.75 Å². The highest BCUT2D eigenvalue weighted by atomic mass is 16.6. The van der Waals surface area contributed by atoms with Crippen molar-refractivity contribution >= 4 is 17.3 Å². The Kier molecular flexibility index (Phi) is 3.96. The number of non-ortho nitro benzene ring substituents is 1. The van der Waals surface area contributed by atoms with Crippen molar-refractivity contribution < 1.29 is 14.5 Å². The van der Waals surface area contributed by atoms with Crippen LogP contribution >= 0.6 is 0 Å². The van der Waals surface area contributed by atoms with Crippen molar-refractivity contribution in [2.24, 2.45) is 0 Å². The van der Waals surface area contributed by atoms with Gasteiger partial charge in [-0.3, -0.25) is 14.9 Å². The van der Waals surface area contributed by atoms with Gasteiger partial charge in [-0.25, -0.2) is 0 Å². The van der Waals surface area contributed by atoms with E-state index in [1.807, 2.05) is 0 Å². The molecule has 0 aromatic heterocycles. The second-order valence-electron chi connectivity index (χ2n) is 4.35. The van der Waals surface area contributed by atoms with Crippen LogP contribution in [0.25, 0.3) is 0 Å². The first kappa shape index (κ1) is 13.3. The second-order valence-corrected chi connectivity index (χ2v) is 4.35. The number of nitrogens with one attached hydrogen (secondary N) is 2. The van der Waals surface area contributed by atoms with Gasteiger partial charge in [0.2, 0.25) is 5.91 Å². The molecular weight excluding hydrogens is 250 g/mol. The Labute approximate surface area is 110 Å². The first-order valence-electron chi connectivity index (χ1n) is 5.96. The van der Waals surface area contributed by atoms with Gasteiger partial charge < -0.3 is 15.4 Å². The van der Waals surface area contributed by atoms with Crippen LogP contribution in [0, 0.1) is 10.1 Å². The summed E-state index contributed by atoms with van der Waals surface area (Å²) in [4.78, 5) is 21.9. The van der Waals surface area contributed by atoms with E-state index in [0.29, 0.717) is 17.5 Å². The number of hydrogen-bond acceptors (Lipinski definition) is 5. The molecule has 102 valence electrons. The minimum absolute atomic E-state index is 0.0914. The summed E-state index contributed by atoms with van der Waals surface area (Å²) in [6.45, 7) is 0.191. The third kappa shape index (κ3) is 3.65. The van der Waals surface area contributed by atoms with E-state index < -0.39 is 4.92 Å². The maximum Gasteiger partial charge on any atom is 0.271 e. The largest absolute Gasteiger partial charge is 0.495 e. The number of anilines is 1. The molecule has 1 aliphatic carbocycles. The third-order valence-corrected chi connectivity index (χ3v) is 2.80. The van der Waals surface area contributed by atoms with Crippen molar-refractivity contribution in [3.05, 3.63) is 28.3 Å². The molecule has 1 saturated carbocycles. The van der Waals surface area contributed by atoms with Crippen LogP contribution in [0.15, 0.2) is 18.2 Å². The number of amides is 1. The van der Waals surface area contributed by atoms with Crippen molar-refractivity contribution in [3.63, 3.8) is 0 Å². The molecule has 0 atom stereocenters. The number of nitrogens with zero attached hydrogens (tertiary/aromatic N) is 1. The van der Waals surface area contributed by atoms with Crippen molar-refractivity contribution in [2.45, 2.75) is 18.9 Å². The van der Waals surface area contributed by atoms with Gasteiger partial charge in [0.15, 0.2) is 0 Å². The van der Waals surface area contributed by atoms with Gasteiger partial charge in [0.05, 0.1) is 24.3 Å². The maximum atomic E-state index is 11.7. The van der Waals surface area contributed by atoms with Crippen LogP contribution in [0.1, 0.15) is 12.8 Å². The molecule has 7 heteroatoms. The Bertz CT molecular complexity index is 500. The molecule has 0 radical (unpaired) electrons. The number of carbonyl (C=O) groups excluding carboxylic acids is 1. The number of carbonyl (C=O) groups is 1. The van der Waals surface area contributed by atoms with E-state index in [-0.39, 0.29) is 18.1 Å². The number of ether oxygens (including phenoxy) is 1. The lowest BCUT2D eigenvalue weighted by Gasteiger charge is -2.10. The zero-order chi connectivity index (χ0) is 13.8. The van der Waals surface area contributed by atoms with E-state index in [9.17, 15) is 14.9 Å². The fourth-order valence-electron chi connectivity index (χ4n) is 1.63. The van der Waals surface area contributed by atoms with E-state index in [2.05, 4.69) is 10.6 Å². The summed E-state index contributed by atoms with van der Waals surface area (Å²) < 4.78 is 5.06. The zero-order valence-corrected chi connectivity index (χ0v) is 10.5. The molecule has 1 fully saturated rings. The average Bonchev–Trinajstić information content (AvgIpc) is 3.20. The first-order chi connectivity index (χ1) is 9.10. The smallest absolute Gasteiger partial charge is 0.271 e. The molecule has 0 spiro atoms. The molecule has 0 saturated heterocycles. The molecule has 1 aliphatic rings. The van der Waals surface area contributed by atoms with Gasteiger partial charge in [0, 0.05) is 18.2 Å². The number of rotatable bonds is 6. The third-order valence-electron chi connectivity index (χ3n) is 2.80. The maximum absolute atomic E-state index is 11.7. The summed E-state index contributed by atoms with van der Waals surface area (Å²) in [5.41, 5.74) is 0.213. The number of nitro groups is 1. The lowest BCUT2D eigenvalue weighted by atomic mass is 10.2. The van der Waals surface area contributed by atoms with Crippen LogP contribution < -0.4 is 15.4 Å². The molecule has 1 amide bonds. The monoisotopic (exact) mass is 265 g/mol. The van der Waals surface area contributed by atoms with Crippen molar-refractivity contribution in [1.29, 1.82) is 0 Å². The molecule has 0 unspecified atom stereocenters. The first-order valence-corrected chi connectivity index (χ1v) is 5.96. The summed E-state index contributed by atoms with van der Waals surface area (Å²) in [7, 11) is 1.44. The number of benzene rings is 1. The number of nitro benzene ring substituents is 1. The van der Waals surface area contributed by atoms with E-state index in [0.717, 1.165) is 12.8 Å². The van der Waals surface area contributed by atoms with Gasteiger partial charge in [-0.2, -0.15) is 0 Å². The minimum Gasteiger partial charge on any atom is -0.495 e. The van der Waals surface area contributed by atoms with Gasteiger partial charge in [-0.15, -0.1) is 0 Å². The summed E-state index contributed by atoms with van der Waals surface area (Å²) in [6.07, 6.45) is 2.18. The average molecular weight is 265 g/mol. The van der Waals surface area contributed by atoms with Crippen molar-refractivity contribution in [3.8, 4) is 5.75 Å². The fourth-order valence-corrected chi connectivity index (χ4v) is 1.63. The molecule has 1 aromatic carbocycles. The van der Waals surface area contributed by atoms with Gasteiger partial charge in [-0.1, -0.05) is 0 Å². The fraction of sp³-hybridized carbons (Fsp3) is 0.417. The van der Waals surface area contributed by atoms with Crippen LogP contribution in [-0.4, -0.2) is 30.5 Å². The van der Waals surface area contributed by atoms with Crippen molar-refractivity contribution in [1.82, 2.24) is 5.32 Å². The van der Waals surface area contributed by atoms with Gasteiger partial charge >= 0.3 is 0 Å². The second kappa shape index (κ2) is 5.66. The predicted molar refractivity (Wildman–Crippen MR) is 69.3 cm³/mol. The van der Waals surface area contributed by atoms with Crippen LogP contribution in [0.4, 0.5) is 11.4 Å². The zero-order valence-electron chi connectivity index (χ0n) is 10.5. The summed E-state index contributed by atoms with van der Waals surface area (Å²) in [5, 5.41) is 16.4.